The zero-order chi connectivity index (χ0) is 12.8. The van der Waals surface area contributed by atoms with Gasteiger partial charge in [-0.15, -0.1) is 0 Å². The number of esters is 1. The molecular weight excluding hydrogens is 224 g/mol. The number of rotatable bonds is 5. The smallest absolute Gasteiger partial charge is 0.328 e. The number of hydrogen-bond acceptors (Lipinski definition) is 5. The SMILES string of the molecule is COC(=O)C(NC(=O)Cn1cncn1)C(C)C. The maximum absolute atomic E-state index is 11.6. The molecule has 0 fully saturated rings. The number of carbonyl (C=O) groups is 2. The highest BCUT2D eigenvalue weighted by Crippen LogP contribution is 2.03. The number of aromatic nitrogens is 3. The van der Waals surface area contributed by atoms with Crippen molar-refractivity contribution < 1.29 is 14.3 Å². The number of ether oxygens (including phenoxy) is 1. The van der Waals surface area contributed by atoms with Crippen molar-refractivity contribution in [3.8, 4) is 0 Å². The Bertz CT molecular complexity index is 375. The van der Waals surface area contributed by atoms with Crippen LogP contribution in [0, 0.1) is 5.92 Å². The molecule has 94 valence electrons. The van der Waals surface area contributed by atoms with Crippen molar-refractivity contribution in [2.75, 3.05) is 7.11 Å². The molecule has 0 saturated carbocycles. The second-order valence-electron chi connectivity index (χ2n) is 3.91. The van der Waals surface area contributed by atoms with E-state index in [4.69, 9.17) is 0 Å². The Hall–Kier alpha value is -1.92. The number of nitrogens with zero attached hydrogens (tertiary/aromatic N) is 3. The summed E-state index contributed by atoms with van der Waals surface area (Å²) in [5, 5.41) is 6.41. The van der Waals surface area contributed by atoms with Gasteiger partial charge >= 0.3 is 5.97 Å². The van der Waals surface area contributed by atoms with E-state index in [0.29, 0.717) is 0 Å². The Labute approximate surface area is 99.2 Å². The van der Waals surface area contributed by atoms with Crippen LogP contribution in [0.25, 0.3) is 0 Å². The van der Waals surface area contributed by atoms with Crippen LogP contribution in [0.2, 0.25) is 0 Å². The van der Waals surface area contributed by atoms with Gasteiger partial charge in [-0.05, 0) is 5.92 Å². The highest BCUT2D eigenvalue weighted by molar-refractivity contribution is 5.84. The van der Waals surface area contributed by atoms with E-state index in [0.717, 1.165) is 0 Å². The maximum atomic E-state index is 11.6. The van der Waals surface area contributed by atoms with Crippen LogP contribution >= 0.6 is 0 Å². The fourth-order valence-electron chi connectivity index (χ4n) is 1.31. The summed E-state index contributed by atoms with van der Waals surface area (Å²) in [6.07, 6.45) is 2.77. The van der Waals surface area contributed by atoms with Crippen LogP contribution in [-0.2, 0) is 20.9 Å². The third kappa shape index (κ3) is 3.86. The van der Waals surface area contributed by atoms with Crippen molar-refractivity contribution in [2.24, 2.45) is 5.92 Å². The van der Waals surface area contributed by atoms with Crippen molar-refractivity contribution in [2.45, 2.75) is 26.4 Å². The predicted molar refractivity (Wildman–Crippen MR) is 58.8 cm³/mol. The van der Waals surface area contributed by atoms with Gasteiger partial charge in [0.25, 0.3) is 0 Å². The van der Waals surface area contributed by atoms with Gasteiger partial charge < -0.3 is 10.1 Å². The summed E-state index contributed by atoms with van der Waals surface area (Å²) in [7, 11) is 1.29. The monoisotopic (exact) mass is 240 g/mol. The van der Waals surface area contributed by atoms with Gasteiger partial charge in [-0.3, -0.25) is 4.79 Å². The highest BCUT2D eigenvalue weighted by atomic mass is 16.5. The molecule has 1 unspecified atom stereocenters. The number of carbonyl (C=O) groups excluding carboxylic acids is 2. The fraction of sp³-hybridized carbons (Fsp3) is 0.600. The zero-order valence-electron chi connectivity index (χ0n) is 10.1. The van der Waals surface area contributed by atoms with Crippen LogP contribution in [0.4, 0.5) is 0 Å². The van der Waals surface area contributed by atoms with Gasteiger partial charge in [0.1, 0.15) is 25.2 Å². The fourth-order valence-corrected chi connectivity index (χ4v) is 1.31. The van der Waals surface area contributed by atoms with E-state index in [9.17, 15) is 9.59 Å². The Morgan fingerprint density at radius 1 is 1.47 bits per heavy atom. The molecule has 1 aromatic rings. The number of methoxy groups -OCH3 is 1. The standard InChI is InChI=1S/C10H16N4O3/c1-7(2)9(10(16)17-3)13-8(15)4-14-6-11-5-12-14/h5-7,9H,4H2,1-3H3,(H,13,15). The molecule has 1 aromatic heterocycles. The molecule has 0 bridgehead atoms. The van der Waals surface area contributed by atoms with Crippen molar-refractivity contribution in [1.82, 2.24) is 20.1 Å². The van der Waals surface area contributed by atoms with Crippen molar-refractivity contribution in [3.05, 3.63) is 12.7 Å². The molecule has 0 aliphatic carbocycles. The molecule has 17 heavy (non-hydrogen) atoms. The van der Waals surface area contributed by atoms with Gasteiger partial charge in [0.05, 0.1) is 7.11 Å². The first-order valence-corrected chi connectivity index (χ1v) is 5.24. The quantitative estimate of drug-likeness (QED) is 0.707. The summed E-state index contributed by atoms with van der Waals surface area (Å²) in [5.41, 5.74) is 0. The molecular formula is C10H16N4O3. The second-order valence-corrected chi connectivity index (χ2v) is 3.91. The van der Waals surface area contributed by atoms with Crippen LogP contribution in [0.1, 0.15) is 13.8 Å². The van der Waals surface area contributed by atoms with Crippen molar-refractivity contribution in [1.29, 1.82) is 0 Å². The first-order chi connectivity index (χ1) is 8.04. The lowest BCUT2D eigenvalue weighted by Gasteiger charge is -2.19. The largest absolute Gasteiger partial charge is 0.467 e. The first kappa shape index (κ1) is 13.1. The van der Waals surface area contributed by atoms with E-state index in [1.54, 1.807) is 0 Å². The number of nitrogens with one attached hydrogen (secondary N) is 1. The van der Waals surface area contributed by atoms with E-state index in [1.807, 2.05) is 13.8 Å². The van der Waals surface area contributed by atoms with E-state index >= 15 is 0 Å². The maximum Gasteiger partial charge on any atom is 0.328 e. The molecule has 0 aromatic carbocycles. The minimum Gasteiger partial charge on any atom is -0.467 e. The third-order valence-corrected chi connectivity index (χ3v) is 2.21. The molecule has 1 amide bonds. The lowest BCUT2D eigenvalue weighted by Crippen LogP contribution is -2.46. The minimum atomic E-state index is -0.643. The molecule has 0 spiro atoms. The van der Waals surface area contributed by atoms with Crippen LogP contribution in [-0.4, -0.2) is 39.8 Å². The Morgan fingerprint density at radius 3 is 2.65 bits per heavy atom. The average molecular weight is 240 g/mol. The number of amides is 1. The summed E-state index contributed by atoms with van der Waals surface area (Å²) in [6.45, 7) is 3.69. The summed E-state index contributed by atoms with van der Waals surface area (Å²) < 4.78 is 6.00. The van der Waals surface area contributed by atoms with Gasteiger partial charge in [0.15, 0.2) is 0 Å². The first-order valence-electron chi connectivity index (χ1n) is 5.24. The van der Waals surface area contributed by atoms with Crippen LogP contribution in [0.3, 0.4) is 0 Å². The van der Waals surface area contributed by atoms with Crippen molar-refractivity contribution in [3.63, 3.8) is 0 Å². The van der Waals surface area contributed by atoms with Crippen LogP contribution < -0.4 is 5.32 Å². The normalized spacial score (nSPS) is 12.2. The molecule has 7 heteroatoms. The summed E-state index contributed by atoms with van der Waals surface area (Å²) in [6, 6.07) is -0.643. The minimum absolute atomic E-state index is 0.0280. The van der Waals surface area contributed by atoms with Gasteiger partial charge in [-0.2, -0.15) is 5.10 Å². The molecule has 7 nitrogen and oxygen atoms in total. The molecule has 0 aliphatic heterocycles. The van der Waals surface area contributed by atoms with Gasteiger partial charge in [-0.1, -0.05) is 13.8 Å². The highest BCUT2D eigenvalue weighted by Gasteiger charge is 2.24. The summed E-state index contributed by atoms with van der Waals surface area (Å²) >= 11 is 0. The van der Waals surface area contributed by atoms with Crippen LogP contribution in [0.5, 0.6) is 0 Å². The van der Waals surface area contributed by atoms with E-state index in [1.165, 1.54) is 24.4 Å². The van der Waals surface area contributed by atoms with Gasteiger partial charge in [0.2, 0.25) is 5.91 Å². The lowest BCUT2D eigenvalue weighted by molar-refractivity contribution is -0.146. The average Bonchev–Trinajstić information content (AvgIpc) is 2.77. The number of hydrogen-bond donors (Lipinski definition) is 1. The molecule has 0 radical (unpaired) electrons. The summed E-state index contributed by atoms with van der Waals surface area (Å²) in [4.78, 5) is 26.8. The molecule has 1 atom stereocenters. The van der Waals surface area contributed by atoms with Crippen LogP contribution in [0.15, 0.2) is 12.7 Å². The second kappa shape index (κ2) is 5.97. The van der Waals surface area contributed by atoms with Gasteiger partial charge in [0, 0.05) is 0 Å². The van der Waals surface area contributed by atoms with Crippen molar-refractivity contribution >= 4 is 11.9 Å². The summed E-state index contributed by atoms with van der Waals surface area (Å²) in [5.74, 6) is -0.798. The van der Waals surface area contributed by atoms with E-state index in [-0.39, 0.29) is 18.4 Å². The van der Waals surface area contributed by atoms with E-state index in [2.05, 4.69) is 20.1 Å². The molecule has 1 rings (SSSR count). The molecule has 1 N–H and O–H groups in total. The lowest BCUT2D eigenvalue weighted by atomic mass is 10.0. The Balaban J connectivity index is 2.55. The topological polar surface area (TPSA) is 86.1 Å². The molecule has 0 saturated heterocycles. The Kier molecular flexibility index (Phi) is 4.62. The molecule has 1 heterocycles. The van der Waals surface area contributed by atoms with Gasteiger partial charge in [-0.25, -0.2) is 14.5 Å². The molecule has 0 aliphatic rings. The third-order valence-electron chi connectivity index (χ3n) is 2.21. The zero-order valence-corrected chi connectivity index (χ0v) is 10.1. The van der Waals surface area contributed by atoms with E-state index < -0.39 is 12.0 Å². The predicted octanol–water partition coefficient (Wildman–Crippen LogP) is -0.408. The Morgan fingerprint density at radius 2 is 2.18 bits per heavy atom.